The number of hydrogen-bond acceptors (Lipinski definition) is 4. The molecule has 0 aromatic heterocycles. The van der Waals surface area contributed by atoms with Gasteiger partial charge in [0.25, 0.3) is 0 Å². The first-order chi connectivity index (χ1) is 9.58. The van der Waals surface area contributed by atoms with Crippen LogP contribution >= 0.6 is 11.8 Å². The lowest BCUT2D eigenvalue weighted by molar-refractivity contribution is -0.0327. The highest BCUT2D eigenvalue weighted by Gasteiger charge is 2.28. The number of hydrogen-bond donors (Lipinski definition) is 2. The molecule has 0 heterocycles. The predicted molar refractivity (Wildman–Crippen MR) is 68.0 cm³/mol. The fourth-order valence-corrected chi connectivity index (χ4v) is 3.09. The van der Waals surface area contributed by atoms with Crippen molar-refractivity contribution in [3.8, 4) is 0 Å². The highest BCUT2D eigenvalue weighted by atomic mass is 32.2. The first kappa shape index (κ1) is 18.1. The van der Waals surface area contributed by atoms with Gasteiger partial charge in [0, 0.05) is 24.4 Å². The summed E-state index contributed by atoms with van der Waals surface area (Å²) in [5, 5.41) is 0. The number of halogens is 5. The van der Waals surface area contributed by atoms with E-state index in [1.165, 1.54) is 0 Å². The molecule has 11 heteroatoms. The van der Waals surface area contributed by atoms with Gasteiger partial charge in [0.2, 0.25) is 10.0 Å². The van der Waals surface area contributed by atoms with E-state index in [1.54, 1.807) is 0 Å². The van der Waals surface area contributed by atoms with Gasteiger partial charge in [0.05, 0.1) is 0 Å². The van der Waals surface area contributed by atoms with Crippen molar-refractivity contribution in [2.75, 3.05) is 12.3 Å². The molecule has 0 spiro atoms. The maximum absolute atomic E-state index is 13.8. The Morgan fingerprint density at radius 1 is 1.24 bits per heavy atom. The topological polar surface area (TPSA) is 72.2 Å². The van der Waals surface area contributed by atoms with Crippen LogP contribution in [0.25, 0.3) is 0 Å². The summed E-state index contributed by atoms with van der Waals surface area (Å²) in [5.41, 5.74) is 0.0140. The average molecular weight is 350 g/mol. The molecule has 0 aliphatic rings. The molecule has 1 aromatic rings. The van der Waals surface area contributed by atoms with E-state index in [4.69, 9.17) is 5.73 Å². The van der Waals surface area contributed by atoms with E-state index in [9.17, 15) is 30.4 Å². The summed E-state index contributed by atoms with van der Waals surface area (Å²) in [6.45, 7) is -1.10. The number of alkyl halides is 3. The van der Waals surface area contributed by atoms with Crippen molar-refractivity contribution in [1.29, 1.82) is 0 Å². The molecule has 120 valence electrons. The van der Waals surface area contributed by atoms with Crippen molar-refractivity contribution in [3.63, 3.8) is 0 Å². The van der Waals surface area contributed by atoms with E-state index in [-0.39, 0.29) is 0 Å². The maximum Gasteiger partial charge on any atom is 0.441 e. The molecule has 0 saturated carbocycles. The predicted octanol–water partition coefficient (Wildman–Crippen LogP) is 1.95. The molecule has 1 rings (SSSR count). The van der Waals surface area contributed by atoms with E-state index in [0.717, 1.165) is 6.07 Å². The molecule has 0 saturated heterocycles. The van der Waals surface area contributed by atoms with Crippen LogP contribution in [-0.2, 0) is 16.6 Å². The number of nitrogens with one attached hydrogen (secondary N) is 1. The van der Waals surface area contributed by atoms with Gasteiger partial charge in [0.1, 0.15) is 10.7 Å². The van der Waals surface area contributed by atoms with Gasteiger partial charge in [-0.1, -0.05) is 0 Å². The Morgan fingerprint density at radius 3 is 2.38 bits per heavy atom. The summed E-state index contributed by atoms with van der Waals surface area (Å²) in [5.74, 6) is -2.93. The minimum absolute atomic E-state index is 0.417. The zero-order chi connectivity index (χ0) is 16.3. The van der Waals surface area contributed by atoms with Crippen LogP contribution < -0.4 is 10.5 Å². The third-order valence-corrected chi connectivity index (χ3v) is 4.52. The lowest BCUT2D eigenvalue weighted by Crippen LogP contribution is -2.28. The molecule has 0 aliphatic carbocycles. The Labute approximate surface area is 121 Å². The largest absolute Gasteiger partial charge is 0.441 e. The van der Waals surface area contributed by atoms with E-state index in [1.807, 2.05) is 4.72 Å². The standard InChI is InChI=1S/C10H11F5N2O2S2/c11-7-1-2-8(9(12)6(7)5-16)21(18,19)17-3-4-20-10(13,14)15/h1-2,17H,3-5,16H2. The van der Waals surface area contributed by atoms with Gasteiger partial charge in [-0.3, -0.25) is 0 Å². The summed E-state index contributed by atoms with van der Waals surface area (Å²) >= 11 is -0.417. The Hall–Kier alpha value is -0.910. The van der Waals surface area contributed by atoms with Gasteiger partial charge in [-0.2, -0.15) is 13.2 Å². The Morgan fingerprint density at radius 2 is 1.86 bits per heavy atom. The molecule has 0 atom stereocenters. The van der Waals surface area contributed by atoms with Gasteiger partial charge in [-0.15, -0.1) is 0 Å². The van der Waals surface area contributed by atoms with Crippen LogP contribution in [0.3, 0.4) is 0 Å². The second-order valence-electron chi connectivity index (χ2n) is 3.73. The zero-order valence-corrected chi connectivity index (χ0v) is 12.0. The fraction of sp³-hybridized carbons (Fsp3) is 0.400. The molecular formula is C10H11F5N2O2S2. The monoisotopic (exact) mass is 350 g/mol. The second-order valence-corrected chi connectivity index (χ2v) is 6.63. The average Bonchev–Trinajstić information content (AvgIpc) is 2.34. The quantitative estimate of drug-likeness (QED) is 0.608. The molecule has 3 N–H and O–H groups in total. The van der Waals surface area contributed by atoms with Gasteiger partial charge in [-0.25, -0.2) is 21.9 Å². The van der Waals surface area contributed by atoms with Crippen LogP contribution in [0.2, 0.25) is 0 Å². The van der Waals surface area contributed by atoms with E-state index < -0.39 is 68.2 Å². The van der Waals surface area contributed by atoms with Crippen molar-refractivity contribution < 1.29 is 30.4 Å². The SMILES string of the molecule is NCc1c(F)ccc(S(=O)(=O)NCCSC(F)(F)F)c1F. The molecule has 21 heavy (non-hydrogen) atoms. The van der Waals surface area contributed by atoms with Gasteiger partial charge >= 0.3 is 5.51 Å². The highest BCUT2D eigenvalue weighted by molar-refractivity contribution is 8.00. The highest BCUT2D eigenvalue weighted by Crippen LogP contribution is 2.29. The summed E-state index contributed by atoms with van der Waals surface area (Å²) < 4.78 is 87.9. The van der Waals surface area contributed by atoms with Gasteiger partial charge in [-0.05, 0) is 23.9 Å². The van der Waals surface area contributed by atoms with Crippen LogP contribution in [0.15, 0.2) is 17.0 Å². The van der Waals surface area contributed by atoms with Crippen molar-refractivity contribution in [2.24, 2.45) is 5.73 Å². The van der Waals surface area contributed by atoms with Crippen LogP contribution in [0.4, 0.5) is 22.0 Å². The number of thioether (sulfide) groups is 1. The molecule has 0 fully saturated rings. The number of sulfonamides is 1. The number of benzene rings is 1. The van der Waals surface area contributed by atoms with Gasteiger partial charge < -0.3 is 5.73 Å². The summed E-state index contributed by atoms with van der Waals surface area (Å²) in [7, 11) is -4.39. The van der Waals surface area contributed by atoms with Gasteiger partial charge in [0.15, 0.2) is 5.82 Å². The lowest BCUT2D eigenvalue weighted by atomic mass is 10.2. The van der Waals surface area contributed by atoms with Crippen LogP contribution in [-0.4, -0.2) is 26.2 Å². The molecule has 0 amide bonds. The Kier molecular flexibility index (Phi) is 5.96. The molecule has 0 bridgehead atoms. The summed E-state index contributed by atoms with van der Waals surface area (Å²) in [6, 6.07) is 1.41. The van der Waals surface area contributed by atoms with Crippen LogP contribution in [0, 0.1) is 11.6 Å². The zero-order valence-electron chi connectivity index (χ0n) is 10.4. The van der Waals surface area contributed by atoms with Crippen molar-refractivity contribution in [2.45, 2.75) is 16.9 Å². The molecule has 1 aromatic carbocycles. The molecule has 0 unspecified atom stereocenters. The second kappa shape index (κ2) is 6.90. The Bertz CT molecular complexity index is 604. The number of rotatable bonds is 6. The first-order valence-electron chi connectivity index (χ1n) is 5.46. The third-order valence-electron chi connectivity index (χ3n) is 2.30. The molecule has 4 nitrogen and oxygen atoms in total. The van der Waals surface area contributed by atoms with Crippen molar-refractivity contribution in [1.82, 2.24) is 4.72 Å². The van der Waals surface area contributed by atoms with Crippen LogP contribution in [0.1, 0.15) is 5.56 Å². The number of nitrogens with two attached hydrogens (primary N) is 1. The molecule has 0 aliphatic heterocycles. The van der Waals surface area contributed by atoms with E-state index in [2.05, 4.69) is 0 Å². The molecular weight excluding hydrogens is 339 g/mol. The van der Waals surface area contributed by atoms with E-state index in [0.29, 0.717) is 6.07 Å². The maximum atomic E-state index is 13.8. The van der Waals surface area contributed by atoms with E-state index >= 15 is 0 Å². The van der Waals surface area contributed by atoms with Crippen molar-refractivity contribution >= 4 is 21.8 Å². The smallest absolute Gasteiger partial charge is 0.326 e. The summed E-state index contributed by atoms with van der Waals surface area (Å²) in [4.78, 5) is -0.860. The lowest BCUT2D eigenvalue weighted by Gasteiger charge is -2.11. The summed E-state index contributed by atoms with van der Waals surface area (Å²) in [6.07, 6.45) is 0. The van der Waals surface area contributed by atoms with Crippen molar-refractivity contribution in [3.05, 3.63) is 29.3 Å². The minimum Gasteiger partial charge on any atom is -0.326 e. The third kappa shape index (κ3) is 5.09. The molecule has 0 radical (unpaired) electrons. The fourth-order valence-electron chi connectivity index (χ4n) is 1.39. The Balaban J connectivity index is 2.84. The minimum atomic E-state index is -4.49. The normalized spacial score (nSPS) is 12.7. The first-order valence-corrected chi connectivity index (χ1v) is 7.92. The van der Waals surface area contributed by atoms with Crippen LogP contribution in [0.5, 0.6) is 0 Å².